The smallest absolute Gasteiger partial charge is 0.172 e. The van der Waals surface area contributed by atoms with Crippen LogP contribution in [0.3, 0.4) is 0 Å². The Bertz CT molecular complexity index is 452. The molecule has 1 aromatic rings. The van der Waals surface area contributed by atoms with Crippen LogP contribution in [0.25, 0.3) is 0 Å². The van der Waals surface area contributed by atoms with Crippen LogP contribution in [-0.4, -0.2) is 23.6 Å². The third kappa shape index (κ3) is 2.58. The van der Waals surface area contributed by atoms with Crippen molar-refractivity contribution in [3.63, 3.8) is 0 Å². The van der Waals surface area contributed by atoms with Gasteiger partial charge < -0.3 is 15.8 Å². The lowest BCUT2D eigenvalue weighted by atomic mass is 9.96. The van der Waals surface area contributed by atoms with Crippen molar-refractivity contribution in [2.45, 2.75) is 39.7 Å². The molecule has 0 saturated heterocycles. The molecule has 0 radical (unpaired) electrons. The van der Waals surface area contributed by atoms with E-state index in [0.717, 1.165) is 23.2 Å². The lowest BCUT2D eigenvalue weighted by Gasteiger charge is -2.38. The van der Waals surface area contributed by atoms with Gasteiger partial charge in [0.05, 0.1) is 5.69 Å². The standard InChI is InChI=1S/C14H23N3O/c1-6-14(3,4)17(5)12-10(2)8-7-9-11(12)13(15)16-18/h7-9,18H,6H2,1-5H3,(H2,15,16). The Morgan fingerprint density at radius 2 is 2.06 bits per heavy atom. The van der Waals surface area contributed by atoms with E-state index in [0.29, 0.717) is 0 Å². The molecule has 18 heavy (non-hydrogen) atoms. The molecule has 0 aromatic heterocycles. The van der Waals surface area contributed by atoms with Crippen LogP contribution < -0.4 is 10.6 Å². The van der Waals surface area contributed by atoms with Crippen molar-refractivity contribution in [2.75, 3.05) is 11.9 Å². The lowest BCUT2D eigenvalue weighted by molar-refractivity contribution is 0.318. The highest BCUT2D eigenvalue weighted by molar-refractivity contribution is 6.02. The van der Waals surface area contributed by atoms with Gasteiger partial charge in [0.2, 0.25) is 0 Å². The number of rotatable bonds is 4. The van der Waals surface area contributed by atoms with Gasteiger partial charge in [-0.25, -0.2) is 0 Å². The summed E-state index contributed by atoms with van der Waals surface area (Å²) in [4.78, 5) is 2.19. The summed E-state index contributed by atoms with van der Waals surface area (Å²) in [5.41, 5.74) is 8.66. The van der Waals surface area contributed by atoms with Crippen LogP contribution in [0.2, 0.25) is 0 Å². The third-order valence-corrected chi connectivity index (χ3v) is 3.73. The molecule has 0 bridgehead atoms. The van der Waals surface area contributed by atoms with E-state index >= 15 is 0 Å². The molecular formula is C14H23N3O. The number of hydrogen-bond donors (Lipinski definition) is 2. The second-order valence-corrected chi connectivity index (χ2v) is 5.18. The number of aryl methyl sites for hydroxylation is 1. The van der Waals surface area contributed by atoms with Crippen LogP contribution in [0.5, 0.6) is 0 Å². The number of anilines is 1. The summed E-state index contributed by atoms with van der Waals surface area (Å²) in [7, 11) is 2.04. The molecule has 0 aliphatic rings. The molecule has 0 spiro atoms. The molecule has 4 heteroatoms. The molecule has 0 saturated carbocycles. The van der Waals surface area contributed by atoms with Gasteiger partial charge >= 0.3 is 0 Å². The van der Waals surface area contributed by atoms with Crippen LogP contribution in [0.1, 0.15) is 38.3 Å². The van der Waals surface area contributed by atoms with Crippen molar-refractivity contribution in [1.29, 1.82) is 0 Å². The Morgan fingerprint density at radius 1 is 1.44 bits per heavy atom. The first-order valence-electron chi connectivity index (χ1n) is 6.16. The molecule has 3 N–H and O–H groups in total. The number of para-hydroxylation sites is 1. The minimum Gasteiger partial charge on any atom is -0.409 e. The fourth-order valence-corrected chi connectivity index (χ4v) is 1.90. The van der Waals surface area contributed by atoms with Gasteiger partial charge in [-0.2, -0.15) is 0 Å². The summed E-state index contributed by atoms with van der Waals surface area (Å²) in [6, 6.07) is 5.82. The summed E-state index contributed by atoms with van der Waals surface area (Å²) in [6.45, 7) is 8.54. The maximum atomic E-state index is 8.89. The number of benzene rings is 1. The van der Waals surface area contributed by atoms with E-state index in [4.69, 9.17) is 10.9 Å². The molecular weight excluding hydrogens is 226 g/mol. The monoisotopic (exact) mass is 249 g/mol. The van der Waals surface area contributed by atoms with Crippen LogP contribution in [-0.2, 0) is 0 Å². The normalized spacial score (nSPS) is 12.6. The lowest BCUT2D eigenvalue weighted by Crippen LogP contribution is -2.42. The van der Waals surface area contributed by atoms with Crippen molar-refractivity contribution in [2.24, 2.45) is 10.9 Å². The third-order valence-electron chi connectivity index (χ3n) is 3.73. The number of nitrogens with two attached hydrogens (primary N) is 1. The number of amidine groups is 1. The summed E-state index contributed by atoms with van der Waals surface area (Å²) in [5, 5.41) is 12.0. The average Bonchev–Trinajstić information content (AvgIpc) is 2.36. The maximum Gasteiger partial charge on any atom is 0.172 e. The maximum absolute atomic E-state index is 8.89. The summed E-state index contributed by atoms with van der Waals surface area (Å²) in [6.07, 6.45) is 1.01. The van der Waals surface area contributed by atoms with Gasteiger partial charge in [-0.3, -0.25) is 0 Å². The average molecular weight is 249 g/mol. The Hall–Kier alpha value is -1.71. The predicted molar refractivity (Wildman–Crippen MR) is 76.5 cm³/mol. The molecule has 0 atom stereocenters. The zero-order valence-corrected chi connectivity index (χ0v) is 11.9. The molecule has 0 unspecified atom stereocenters. The Kier molecular flexibility index (Phi) is 4.22. The van der Waals surface area contributed by atoms with Gasteiger partial charge in [-0.05, 0) is 38.8 Å². The molecule has 0 aliphatic carbocycles. The van der Waals surface area contributed by atoms with E-state index in [1.807, 2.05) is 32.2 Å². The highest BCUT2D eigenvalue weighted by Gasteiger charge is 2.25. The van der Waals surface area contributed by atoms with Crippen molar-refractivity contribution >= 4 is 11.5 Å². The summed E-state index contributed by atoms with van der Waals surface area (Å²) >= 11 is 0. The van der Waals surface area contributed by atoms with Crippen molar-refractivity contribution in [1.82, 2.24) is 0 Å². The van der Waals surface area contributed by atoms with Crippen molar-refractivity contribution < 1.29 is 5.21 Å². The van der Waals surface area contributed by atoms with E-state index in [2.05, 4.69) is 30.8 Å². The van der Waals surface area contributed by atoms with Gasteiger partial charge in [0.15, 0.2) is 5.84 Å². The van der Waals surface area contributed by atoms with Crippen molar-refractivity contribution in [3.8, 4) is 0 Å². The molecule has 4 nitrogen and oxygen atoms in total. The minimum absolute atomic E-state index is 0.0105. The number of oxime groups is 1. The molecule has 100 valence electrons. The van der Waals surface area contributed by atoms with Crippen LogP contribution in [0.15, 0.2) is 23.4 Å². The van der Waals surface area contributed by atoms with Gasteiger partial charge in [0, 0.05) is 18.2 Å². The van der Waals surface area contributed by atoms with E-state index in [-0.39, 0.29) is 11.4 Å². The van der Waals surface area contributed by atoms with Crippen LogP contribution in [0.4, 0.5) is 5.69 Å². The van der Waals surface area contributed by atoms with Gasteiger partial charge in [-0.1, -0.05) is 24.2 Å². The van der Waals surface area contributed by atoms with Crippen LogP contribution >= 0.6 is 0 Å². The topological polar surface area (TPSA) is 61.8 Å². The SMILES string of the molecule is CCC(C)(C)N(C)c1c(C)cccc1/C(N)=N/O. The van der Waals surface area contributed by atoms with E-state index < -0.39 is 0 Å². The molecule has 1 rings (SSSR count). The molecule has 0 aliphatic heterocycles. The summed E-state index contributed by atoms with van der Waals surface area (Å²) < 4.78 is 0. The fourth-order valence-electron chi connectivity index (χ4n) is 1.90. The summed E-state index contributed by atoms with van der Waals surface area (Å²) in [5.74, 6) is 0.146. The van der Waals surface area contributed by atoms with E-state index in [1.165, 1.54) is 0 Å². The van der Waals surface area contributed by atoms with Crippen LogP contribution in [0, 0.1) is 6.92 Å². The first-order chi connectivity index (χ1) is 8.35. The first-order valence-corrected chi connectivity index (χ1v) is 6.16. The van der Waals surface area contributed by atoms with Crippen molar-refractivity contribution in [3.05, 3.63) is 29.3 Å². The Morgan fingerprint density at radius 3 is 2.56 bits per heavy atom. The number of hydrogen-bond acceptors (Lipinski definition) is 3. The molecule has 0 amide bonds. The first kappa shape index (κ1) is 14.4. The zero-order valence-electron chi connectivity index (χ0n) is 11.9. The zero-order chi connectivity index (χ0) is 13.9. The van der Waals surface area contributed by atoms with Gasteiger partial charge in [0.25, 0.3) is 0 Å². The highest BCUT2D eigenvalue weighted by atomic mass is 16.4. The highest BCUT2D eigenvalue weighted by Crippen LogP contribution is 2.31. The second-order valence-electron chi connectivity index (χ2n) is 5.18. The van der Waals surface area contributed by atoms with Gasteiger partial charge in [-0.15, -0.1) is 0 Å². The molecule has 1 aromatic carbocycles. The fraction of sp³-hybridized carbons (Fsp3) is 0.500. The van der Waals surface area contributed by atoms with E-state index in [1.54, 1.807) is 0 Å². The van der Waals surface area contributed by atoms with E-state index in [9.17, 15) is 0 Å². The Balaban J connectivity index is 3.39. The quantitative estimate of drug-likeness (QED) is 0.373. The largest absolute Gasteiger partial charge is 0.409 e. The Labute approximate surface area is 109 Å². The predicted octanol–water partition coefficient (Wildman–Crippen LogP) is 2.71. The second kappa shape index (κ2) is 5.29. The number of nitrogens with zero attached hydrogens (tertiary/aromatic N) is 2. The molecule has 0 heterocycles. The van der Waals surface area contributed by atoms with Gasteiger partial charge in [0.1, 0.15) is 0 Å². The molecule has 0 fully saturated rings. The minimum atomic E-state index is 0.0105.